The van der Waals surface area contributed by atoms with Crippen molar-refractivity contribution in [3.63, 3.8) is 0 Å². The van der Waals surface area contributed by atoms with Crippen molar-refractivity contribution in [3.05, 3.63) is 58.1 Å². The minimum Gasteiger partial charge on any atom is -0.508 e. The fourth-order valence-corrected chi connectivity index (χ4v) is 3.65. The number of hydrogen-bond donors (Lipinski definition) is 2. The lowest BCUT2D eigenvalue weighted by atomic mass is 10.0. The molecule has 0 spiro atoms. The topological polar surface area (TPSA) is 78.9 Å². The molecule has 1 aliphatic rings. The van der Waals surface area contributed by atoms with Gasteiger partial charge in [0.05, 0.1) is 10.6 Å². The largest absolute Gasteiger partial charge is 0.508 e. The second-order valence-electron chi connectivity index (χ2n) is 6.95. The molecule has 0 saturated carbocycles. The molecule has 1 saturated heterocycles. The predicted molar refractivity (Wildman–Crippen MR) is 112 cm³/mol. The Balaban J connectivity index is 1.49. The molecule has 2 amide bonds. The van der Waals surface area contributed by atoms with Crippen LogP contribution in [0.5, 0.6) is 11.5 Å². The molecule has 0 aromatic heterocycles. The molecule has 3 rings (SSSR count). The van der Waals surface area contributed by atoms with Crippen LogP contribution < -0.4 is 10.1 Å². The molecule has 2 aromatic rings. The molecule has 8 heteroatoms. The molecule has 0 bridgehead atoms. The average Bonchev–Trinajstić information content (AvgIpc) is 2.70. The van der Waals surface area contributed by atoms with E-state index < -0.39 is 6.10 Å². The highest BCUT2D eigenvalue weighted by atomic mass is 35.5. The van der Waals surface area contributed by atoms with E-state index in [-0.39, 0.29) is 23.6 Å². The van der Waals surface area contributed by atoms with Gasteiger partial charge < -0.3 is 20.1 Å². The van der Waals surface area contributed by atoms with Crippen LogP contribution in [0.15, 0.2) is 42.5 Å². The minimum atomic E-state index is -0.674. The number of benzene rings is 2. The molecule has 1 heterocycles. The predicted octanol–water partition coefficient (Wildman–Crippen LogP) is 3.89. The number of halogens is 2. The summed E-state index contributed by atoms with van der Waals surface area (Å²) in [6.07, 6.45) is 0.621. The molecule has 1 unspecified atom stereocenters. The number of carbonyl (C=O) groups excluding carboxylic acids is 2. The molecule has 0 aliphatic carbocycles. The number of amides is 2. The first-order valence-electron chi connectivity index (χ1n) is 9.34. The number of ether oxygens (including phenoxy) is 1. The third-order valence-electron chi connectivity index (χ3n) is 4.81. The molecule has 2 N–H and O–H groups in total. The number of rotatable bonds is 5. The standard InChI is InChI=1S/C21H22Cl2N2O4/c1-13(29-17-5-3-16(26)4-6-17)20(27)24-15-8-10-25(11-9-15)21(28)18-7-2-14(22)12-19(18)23/h2-7,12-13,15,26H,8-11H2,1H3,(H,24,27). The van der Waals surface area contributed by atoms with Gasteiger partial charge in [-0.25, -0.2) is 0 Å². The number of likely N-dealkylation sites (tertiary alicyclic amines) is 1. The van der Waals surface area contributed by atoms with Crippen LogP contribution >= 0.6 is 23.2 Å². The summed E-state index contributed by atoms with van der Waals surface area (Å²) in [7, 11) is 0. The Morgan fingerprint density at radius 3 is 2.41 bits per heavy atom. The van der Waals surface area contributed by atoms with Gasteiger partial charge in [0.2, 0.25) is 0 Å². The minimum absolute atomic E-state index is 0.0295. The van der Waals surface area contributed by atoms with Crippen molar-refractivity contribution >= 4 is 35.0 Å². The summed E-state index contributed by atoms with van der Waals surface area (Å²) in [5, 5.41) is 13.1. The highest BCUT2D eigenvalue weighted by Crippen LogP contribution is 2.24. The van der Waals surface area contributed by atoms with E-state index >= 15 is 0 Å². The Kier molecular flexibility index (Phi) is 6.87. The number of nitrogens with one attached hydrogen (secondary N) is 1. The SMILES string of the molecule is CC(Oc1ccc(O)cc1)C(=O)NC1CCN(C(=O)c2ccc(Cl)cc2Cl)CC1. The van der Waals surface area contributed by atoms with Crippen molar-refractivity contribution in [3.8, 4) is 11.5 Å². The van der Waals surface area contributed by atoms with E-state index in [2.05, 4.69) is 5.32 Å². The zero-order valence-corrected chi connectivity index (χ0v) is 17.4. The van der Waals surface area contributed by atoms with E-state index in [9.17, 15) is 14.7 Å². The van der Waals surface area contributed by atoms with E-state index in [0.29, 0.717) is 47.3 Å². The second kappa shape index (κ2) is 9.37. The molecule has 6 nitrogen and oxygen atoms in total. The Bertz CT molecular complexity index is 881. The smallest absolute Gasteiger partial charge is 0.260 e. The first-order valence-corrected chi connectivity index (χ1v) is 10.1. The van der Waals surface area contributed by atoms with Crippen molar-refractivity contribution in [2.75, 3.05) is 13.1 Å². The van der Waals surface area contributed by atoms with Gasteiger partial charge in [-0.1, -0.05) is 23.2 Å². The summed E-state index contributed by atoms with van der Waals surface area (Å²) in [4.78, 5) is 26.8. The van der Waals surface area contributed by atoms with Crippen molar-refractivity contribution in [1.82, 2.24) is 10.2 Å². The third-order valence-corrected chi connectivity index (χ3v) is 5.36. The van der Waals surface area contributed by atoms with Crippen LogP contribution in [0.1, 0.15) is 30.1 Å². The lowest BCUT2D eigenvalue weighted by Crippen LogP contribution is -2.49. The molecule has 1 atom stereocenters. The summed E-state index contributed by atoms with van der Waals surface area (Å²) < 4.78 is 5.60. The fourth-order valence-electron chi connectivity index (χ4n) is 3.16. The van der Waals surface area contributed by atoms with Crippen LogP contribution in [0.3, 0.4) is 0 Å². The van der Waals surface area contributed by atoms with Crippen LogP contribution in [0, 0.1) is 0 Å². The maximum absolute atomic E-state index is 12.7. The van der Waals surface area contributed by atoms with Crippen LogP contribution in [-0.2, 0) is 4.79 Å². The fraction of sp³-hybridized carbons (Fsp3) is 0.333. The quantitative estimate of drug-likeness (QED) is 0.744. The highest BCUT2D eigenvalue weighted by Gasteiger charge is 2.27. The van der Waals surface area contributed by atoms with Gasteiger partial charge in [0, 0.05) is 24.2 Å². The first-order chi connectivity index (χ1) is 13.8. The van der Waals surface area contributed by atoms with Crippen molar-refractivity contribution in [2.24, 2.45) is 0 Å². The maximum Gasteiger partial charge on any atom is 0.260 e. The van der Waals surface area contributed by atoms with Gasteiger partial charge in [-0.3, -0.25) is 9.59 Å². The van der Waals surface area contributed by atoms with Gasteiger partial charge in [0.15, 0.2) is 6.10 Å². The number of carbonyl (C=O) groups is 2. The van der Waals surface area contributed by atoms with Crippen LogP contribution in [0.4, 0.5) is 0 Å². The van der Waals surface area contributed by atoms with Gasteiger partial charge in [0.1, 0.15) is 11.5 Å². The van der Waals surface area contributed by atoms with Crippen molar-refractivity contribution in [2.45, 2.75) is 31.9 Å². The van der Waals surface area contributed by atoms with E-state index in [1.807, 2.05) is 0 Å². The monoisotopic (exact) mass is 436 g/mol. The molecule has 0 radical (unpaired) electrons. The number of hydrogen-bond acceptors (Lipinski definition) is 4. The van der Waals surface area contributed by atoms with E-state index in [1.165, 1.54) is 12.1 Å². The van der Waals surface area contributed by atoms with E-state index in [1.54, 1.807) is 42.2 Å². The average molecular weight is 437 g/mol. The van der Waals surface area contributed by atoms with Gasteiger partial charge in [-0.05, 0) is 62.2 Å². The molecular weight excluding hydrogens is 415 g/mol. The number of phenols is 1. The highest BCUT2D eigenvalue weighted by molar-refractivity contribution is 6.36. The number of phenolic OH excluding ortho intramolecular Hbond substituents is 1. The Hall–Kier alpha value is -2.44. The number of nitrogens with zero attached hydrogens (tertiary/aromatic N) is 1. The van der Waals surface area contributed by atoms with Crippen LogP contribution in [0.2, 0.25) is 10.0 Å². The zero-order valence-electron chi connectivity index (χ0n) is 15.9. The van der Waals surface area contributed by atoms with Crippen molar-refractivity contribution in [1.29, 1.82) is 0 Å². The maximum atomic E-state index is 12.7. The third kappa shape index (κ3) is 5.55. The summed E-state index contributed by atoms with van der Waals surface area (Å²) in [6.45, 7) is 2.72. The second-order valence-corrected chi connectivity index (χ2v) is 7.80. The van der Waals surface area contributed by atoms with Crippen molar-refractivity contribution < 1.29 is 19.4 Å². The molecule has 1 fully saturated rings. The zero-order chi connectivity index (χ0) is 21.0. The lowest BCUT2D eigenvalue weighted by molar-refractivity contribution is -0.128. The van der Waals surface area contributed by atoms with E-state index in [0.717, 1.165) is 0 Å². The van der Waals surface area contributed by atoms with Crippen LogP contribution in [-0.4, -0.2) is 47.1 Å². The van der Waals surface area contributed by atoms with Gasteiger partial charge in [-0.15, -0.1) is 0 Å². The summed E-state index contributed by atoms with van der Waals surface area (Å²) in [5.41, 5.74) is 0.425. The number of aromatic hydroxyl groups is 1. The van der Waals surface area contributed by atoms with Gasteiger partial charge in [-0.2, -0.15) is 0 Å². The Morgan fingerprint density at radius 1 is 1.14 bits per heavy atom. The summed E-state index contributed by atoms with van der Waals surface area (Å²) >= 11 is 12.0. The Labute approximate surface area is 179 Å². The molecule has 29 heavy (non-hydrogen) atoms. The Morgan fingerprint density at radius 2 is 1.79 bits per heavy atom. The number of piperidine rings is 1. The van der Waals surface area contributed by atoms with Crippen LogP contribution in [0.25, 0.3) is 0 Å². The van der Waals surface area contributed by atoms with Gasteiger partial charge >= 0.3 is 0 Å². The molecule has 1 aliphatic heterocycles. The van der Waals surface area contributed by atoms with E-state index in [4.69, 9.17) is 27.9 Å². The molecular formula is C21H22Cl2N2O4. The first kappa shape index (κ1) is 21.3. The van der Waals surface area contributed by atoms with Gasteiger partial charge in [0.25, 0.3) is 11.8 Å². The molecule has 2 aromatic carbocycles. The normalized spacial score (nSPS) is 15.6. The summed E-state index contributed by atoms with van der Waals surface area (Å²) in [6, 6.07) is 11.0. The lowest BCUT2D eigenvalue weighted by Gasteiger charge is -2.33. The molecule has 154 valence electrons. The summed E-state index contributed by atoms with van der Waals surface area (Å²) in [5.74, 6) is 0.283.